The molecule has 0 aliphatic carbocycles. The van der Waals surface area contributed by atoms with Gasteiger partial charge >= 0.3 is 5.97 Å². The number of hydrogen-bond acceptors (Lipinski definition) is 5. The van der Waals surface area contributed by atoms with Crippen molar-refractivity contribution >= 4 is 21.7 Å². The summed E-state index contributed by atoms with van der Waals surface area (Å²) in [6.45, 7) is 2.78. The largest absolute Gasteiger partial charge is 0.469 e. The summed E-state index contributed by atoms with van der Waals surface area (Å²) in [7, 11) is 0.512. The molecule has 6 nitrogen and oxygen atoms in total. The van der Waals surface area contributed by atoms with Crippen LogP contribution in [0.4, 0.5) is 0 Å². The van der Waals surface area contributed by atoms with Crippen LogP contribution in [0.5, 0.6) is 0 Å². The van der Waals surface area contributed by atoms with Gasteiger partial charge in [-0.2, -0.15) is 0 Å². The molecule has 7 heteroatoms. The molecule has 0 spiro atoms. The van der Waals surface area contributed by atoms with Gasteiger partial charge in [-0.15, -0.1) is 0 Å². The molecule has 0 aromatic rings. The fourth-order valence-corrected chi connectivity index (χ4v) is 2.92. The second-order valence-electron chi connectivity index (χ2n) is 4.13. The SMILES string of the molecule is COC(=O)C(C)CS(=O)(=O)C(C)C(=O)N(C)C. The minimum Gasteiger partial charge on any atom is -0.469 e. The van der Waals surface area contributed by atoms with Crippen molar-refractivity contribution in [2.24, 2.45) is 5.92 Å². The number of carbonyl (C=O) groups excluding carboxylic acids is 2. The fraction of sp³-hybridized carbons (Fsp3) is 0.800. The van der Waals surface area contributed by atoms with Crippen LogP contribution in [0.3, 0.4) is 0 Å². The van der Waals surface area contributed by atoms with E-state index in [0.717, 1.165) is 0 Å². The summed E-state index contributed by atoms with van der Waals surface area (Å²) < 4.78 is 28.2. The normalized spacial score (nSPS) is 14.9. The Morgan fingerprint density at radius 3 is 2.06 bits per heavy atom. The van der Waals surface area contributed by atoms with Crippen LogP contribution in [-0.2, 0) is 24.2 Å². The fourth-order valence-electron chi connectivity index (χ4n) is 1.28. The zero-order chi connectivity index (χ0) is 13.8. The Labute approximate surface area is 102 Å². The Bertz CT molecular complexity index is 388. The molecule has 0 aromatic heterocycles. The van der Waals surface area contributed by atoms with Crippen molar-refractivity contribution in [3.05, 3.63) is 0 Å². The number of rotatable bonds is 5. The molecule has 0 saturated heterocycles. The predicted molar refractivity (Wildman–Crippen MR) is 63.1 cm³/mol. The van der Waals surface area contributed by atoms with E-state index in [1.165, 1.54) is 40.0 Å². The van der Waals surface area contributed by atoms with E-state index in [9.17, 15) is 18.0 Å². The highest BCUT2D eigenvalue weighted by Gasteiger charge is 2.32. The number of methoxy groups -OCH3 is 1. The zero-order valence-electron chi connectivity index (χ0n) is 10.8. The molecule has 0 N–H and O–H groups in total. The van der Waals surface area contributed by atoms with Crippen LogP contribution in [0.25, 0.3) is 0 Å². The summed E-state index contributed by atoms with van der Waals surface area (Å²) in [6, 6.07) is 0. The molecule has 17 heavy (non-hydrogen) atoms. The van der Waals surface area contributed by atoms with Crippen LogP contribution >= 0.6 is 0 Å². The minimum absolute atomic E-state index is 0.388. The van der Waals surface area contributed by atoms with Gasteiger partial charge in [0, 0.05) is 14.1 Å². The average Bonchev–Trinajstić information content (AvgIpc) is 2.24. The molecule has 0 bridgehead atoms. The Morgan fingerprint density at radius 1 is 1.24 bits per heavy atom. The second-order valence-corrected chi connectivity index (χ2v) is 6.49. The van der Waals surface area contributed by atoms with E-state index < -0.39 is 32.9 Å². The average molecular weight is 265 g/mol. The van der Waals surface area contributed by atoms with Crippen LogP contribution < -0.4 is 0 Å². The van der Waals surface area contributed by atoms with Crippen LogP contribution in [0.15, 0.2) is 0 Å². The van der Waals surface area contributed by atoms with Gasteiger partial charge in [-0.1, -0.05) is 6.92 Å². The third-order valence-electron chi connectivity index (χ3n) is 2.41. The standard InChI is InChI=1S/C10H19NO5S/c1-7(10(13)16-5)6-17(14,15)8(2)9(12)11(3)4/h7-8H,6H2,1-5H3. The molecule has 0 radical (unpaired) electrons. The summed E-state index contributed by atoms with van der Waals surface area (Å²) in [4.78, 5) is 23.9. The molecule has 0 heterocycles. The van der Waals surface area contributed by atoms with Crippen LogP contribution in [0, 0.1) is 5.92 Å². The third-order valence-corrected chi connectivity index (χ3v) is 4.66. The molecule has 0 saturated carbocycles. The maximum atomic E-state index is 11.9. The molecule has 0 fully saturated rings. The van der Waals surface area contributed by atoms with Crippen LogP contribution in [0.2, 0.25) is 0 Å². The molecule has 1 amide bonds. The number of amides is 1. The Morgan fingerprint density at radius 2 is 1.71 bits per heavy atom. The van der Waals surface area contributed by atoms with Gasteiger partial charge in [-0.05, 0) is 6.92 Å². The highest BCUT2D eigenvalue weighted by molar-refractivity contribution is 7.92. The second kappa shape index (κ2) is 6.00. The van der Waals surface area contributed by atoms with Crippen LogP contribution in [-0.4, -0.2) is 57.4 Å². The molecule has 0 rings (SSSR count). The first-order chi connectivity index (χ1) is 7.63. The van der Waals surface area contributed by atoms with Crippen molar-refractivity contribution in [1.82, 2.24) is 4.90 Å². The lowest BCUT2D eigenvalue weighted by molar-refractivity contribution is -0.144. The van der Waals surface area contributed by atoms with Crippen molar-refractivity contribution in [3.8, 4) is 0 Å². The lowest BCUT2D eigenvalue weighted by atomic mass is 10.2. The maximum Gasteiger partial charge on any atom is 0.309 e. The Balaban J connectivity index is 4.81. The van der Waals surface area contributed by atoms with Gasteiger partial charge in [0.25, 0.3) is 0 Å². The Hall–Kier alpha value is -1.11. The van der Waals surface area contributed by atoms with Gasteiger partial charge < -0.3 is 9.64 Å². The number of nitrogens with zero attached hydrogens (tertiary/aromatic N) is 1. The summed E-state index contributed by atoms with van der Waals surface area (Å²) >= 11 is 0. The van der Waals surface area contributed by atoms with Crippen molar-refractivity contribution < 1.29 is 22.7 Å². The number of sulfone groups is 1. The van der Waals surface area contributed by atoms with Gasteiger partial charge in [-0.3, -0.25) is 9.59 Å². The Kier molecular flexibility index (Phi) is 5.60. The number of ether oxygens (including phenoxy) is 1. The van der Waals surface area contributed by atoms with E-state index in [1.807, 2.05) is 0 Å². The predicted octanol–water partition coefficient (Wildman–Crippen LogP) is -0.313. The molecule has 100 valence electrons. The number of esters is 1. The van der Waals surface area contributed by atoms with Gasteiger partial charge in [0.05, 0.1) is 18.8 Å². The van der Waals surface area contributed by atoms with Crippen molar-refractivity contribution in [2.45, 2.75) is 19.1 Å². The lowest BCUT2D eigenvalue weighted by Crippen LogP contribution is -2.40. The van der Waals surface area contributed by atoms with E-state index in [1.54, 1.807) is 0 Å². The molecular formula is C10H19NO5S. The summed E-state index contributed by atoms with van der Waals surface area (Å²) in [5.41, 5.74) is 0. The third kappa shape index (κ3) is 4.33. The number of hydrogen-bond donors (Lipinski definition) is 0. The zero-order valence-corrected chi connectivity index (χ0v) is 11.6. The smallest absolute Gasteiger partial charge is 0.309 e. The lowest BCUT2D eigenvalue weighted by Gasteiger charge is -2.18. The van der Waals surface area contributed by atoms with Crippen molar-refractivity contribution in [2.75, 3.05) is 27.0 Å². The quantitative estimate of drug-likeness (QED) is 0.637. The molecule has 0 aromatic carbocycles. The molecular weight excluding hydrogens is 246 g/mol. The minimum atomic E-state index is -3.65. The molecule has 2 unspecified atom stereocenters. The highest BCUT2D eigenvalue weighted by Crippen LogP contribution is 2.11. The van der Waals surface area contributed by atoms with E-state index in [-0.39, 0.29) is 5.75 Å². The summed E-state index contributed by atoms with van der Waals surface area (Å²) in [5.74, 6) is -2.26. The van der Waals surface area contributed by atoms with Crippen LogP contribution in [0.1, 0.15) is 13.8 Å². The van der Waals surface area contributed by atoms with Crippen molar-refractivity contribution in [1.29, 1.82) is 0 Å². The van der Waals surface area contributed by atoms with Gasteiger partial charge in [0.15, 0.2) is 9.84 Å². The van der Waals surface area contributed by atoms with E-state index in [4.69, 9.17) is 0 Å². The monoisotopic (exact) mass is 265 g/mol. The van der Waals surface area contributed by atoms with E-state index in [0.29, 0.717) is 0 Å². The summed E-state index contributed by atoms with van der Waals surface area (Å²) in [5, 5.41) is -1.15. The molecule has 0 aliphatic heterocycles. The first-order valence-corrected chi connectivity index (χ1v) is 6.85. The van der Waals surface area contributed by atoms with E-state index >= 15 is 0 Å². The first-order valence-electron chi connectivity index (χ1n) is 5.14. The first kappa shape index (κ1) is 15.9. The van der Waals surface area contributed by atoms with E-state index in [2.05, 4.69) is 4.74 Å². The molecule has 2 atom stereocenters. The maximum absolute atomic E-state index is 11.9. The summed E-state index contributed by atoms with van der Waals surface area (Å²) in [6.07, 6.45) is 0. The molecule has 0 aliphatic rings. The van der Waals surface area contributed by atoms with Gasteiger partial charge in [-0.25, -0.2) is 8.42 Å². The highest BCUT2D eigenvalue weighted by atomic mass is 32.2. The number of carbonyl (C=O) groups is 2. The van der Waals surface area contributed by atoms with Gasteiger partial charge in [0.2, 0.25) is 5.91 Å². The topological polar surface area (TPSA) is 80.8 Å². The van der Waals surface area contributed by atoms with Gasteiger partial charge in [0.1, 0.15) is 5.25 Å². The van der Waals surface area contributed by atoms with Crippen molar-refractivity contribution in [3.63, 3.8) is 0 Å².